The van der Waals surface area contributed by atoms with Gasteiger partial charge in [0.2, 0.25) is 0 Å². The fourth-order valence-electron chi connectivity index (χ4n) is 2.83. The molecule has 0 saturated heterocycles. The highest BCUT2D eigenvalue weighted by molar-refractivity contribution is 5.71. The Balaban J connectivity index is 1.60. The van der Waals surface area contributed by atoms with E-state index in [1.54, 1.807) is 0 Å². The van der Waals surface area contributed by atoms with E-state index >= 15 is 0 Å². The molecule has 2 aliphatic carbocycles. The van der Waals surface area contributed by atoms with Gasteiger partial charge in [0.25, 0.3) is 0 Å². The minimum Gasteiger partial charge on any atom is -0.0582 e. The summed E-state index contributed by atoms with van der Waals surface area (Å²) in [6.07, 6.45) is 9.53. The molecule has 0 unspecified atom stereocenters. The lowest BCUT2D eigenvalue weighted by atomic mass is 9.86. The molecule has 0 radical (unpaired) electrons. The van der Waals surface area contributed by atoms with Gasteiger partial charge >= 0.3 is 0 Å². The molecule has 4 rings (SSSR count). The molecule has 0 bridgehead atoms. The predicted octanol–water partition coefficient (Wildman–Crippen LogP) is 4.05. The second kappa shape index (κ2) is 3.84. The van der Waals surface area contributed by atoms with Crippen molar-refractivity contribution < 1.29 is 0 Å². The standard InChI is InChI=1S/C18H16/c1(13-3-5-15-7-9-17(15)11-13)2-14-4-6-16-8-10-18(16)12-14/h1-6,11-12H,7-10H2/b2-1+. The molecule has 2 aromatic rings. The maximum absolute atomic E-state index is 2.33. The minimum absolute atomic E-state index is 1.26. The molecule has 0 atom stereocenters. The zero-order chi connectivity index (χ0) is 11.9. The van der Waals surface area contributed by atoms with Crippen LogP contribution in [0.1, 0.15) is 33.4 Å². The summed E-state index contributed by atoms with van der Waals surface area (Å²) in [5.74, 6) is 0. The molecule has 2 aromatic carbocycles. The van der Waals surface area contributed by atoms with Gasteiger partial charge in [0.1, 0.15) is 0 Å². The van der Waals surface area contributed by atoms with Crippen LogP contribution in [0, 0.1) is 0 Å². The summed E-state index contributed by atoms with van der Waals surface area (Å²) in [4.78, 5) is 0. The molecule has 2 aliphatic rings. The highest BCUT2D eigenvalue weighted by Crippen LogP contribution is 2.26. The van der Waals surface area contributed by atoms with Crippen LogP contribution in [0.2, 0.25) is 0 Å². The van der Waals surface area contributed by atoms with E-state index < -0.39 is 0 Å². The van der Waals surface area contributed by atoms with Crippen molar-refractivity contribution in [3.8, 4) is 0 Å². The SMILES string of the molecule is C(=C\c1ccc2c(c1)CC2)/c1ccc2c(c1)CC2. The van der Waals surface area contributed by atoms with E-state index in [-0.39, 0.29) is 0 Å². The molecular weight excluding hydrogens is 216 g/mol. The summed E-state index contributed by atoms with van der Waals surface area (Å²) in [7, 11) is 0. The van der Waals surface area contributed by atoms with Crippen LogP contribution in [-0.2, 0) is 25.7 Å². The zero-order valence-corrected chi connectivity index (χ0v) is 10.4. The van der Waals surface area contributed by atoms with Crippen LogP contribution in [0.15, 0.2) is 36.4 Å². The average Bonchev–Trinajstić information content (AvgIpc) is 2.32. The van der Waals surface area contributed by atoms with Gasteiger partial charge in [-0.3, -0.25) is 0 Å². The van der Waals surface area contributed by atoms with Crippen molar-refractivity contribution in [3.63, 3.8) is 0 Å². The first-order valence-corrected chi connectivity index (χ1v) is 6.80. The molecule has 0 saturated carbocycles. The number of hydrogen-bond donors (Lipinski definition) is 0. The molecule has 0 heterocycles. The molecule has 0 aromatic heterocycles. The maximum Gasteiger partial charge on any atom is -0.0235 e. The van der Waals surface area contributed by atoms with Crippen LogP contribution in [-0.4, -0.2) is 0 Å². The third-order valence-corrected chi connectivity index (χ3v) is 4.26. The topological polar surface area (TPSA) is 0 Å². The van der Waals surface area contributed by atoms with Crippen LogP contribution in [0.4, 0.5) is 0 Å². The first-order valence-electron chi connectivity index (χ1n) is 6.80. The van der Waals surface area contributed by atoms with Gasteiger partial charge in [0.15, 0.2) is 0 Å². The summed E-state index contributed by atoms with van der Waals surface area (Å²) < 4.78 is 0. The summed E-state index contributed by atoms with van der Waals surface area (Å²) in [5, 5.41) is 0. The molecule has 0 N–H and O–H groups in total. The Hall–Kier alpha value is -1.82. The van der Waals surface area contributed by atoms with Crippen LogP contribution >= 0.6 is 0 Å². The minimum atomic E-state index is 1.26. The molecule has 0 heteroatoms. The lowest BCUT2D eigenvalue weighted by Gasteiger charge is -2.19. The third-order valence-electron chi connectivity index (χ3n) is 4.26. The Morgan fingerprint density at radius 2 is 1.00 bits per heavy atom. The third kappa shape index (κ3) is 1.60. The van der Waals surface area contributed by atoms with E-state index in [2.05, 4.69) is 48.6 Å². The van der Waals surface area contributed by atoms with Gasteiger partial charge in [-0.1, -0.05) is 48.6 Å². The summed E-state index contributed by atoms with van der Waals surface area (Å²) in [6.45, 7) is 0. The van der Waals surface area contributed by atoms with Crippen molar-refractivity contribution in [2.75, 3.05) is 0 Å². The maximum atomic E-state index is 2.33. The van der Waals surface area contributed by atoms with E-state index in [1.807, 2.05) is 0 Å². The lowest BCUT2D eigenvalue weighted by Crippen LogP contribution is -2.07. The number of benzene rings is 2. The normalized spacial score (nSPS) is 15.8. The fourth-order valence-corrected chi connectivity index (χ4v) is 2.83. The van der Waals surface area contributed by atoms with Gasteiger partial charge in [0.05, 0.1) is 0 Å². The molecule has 0 amide bonds. The highest BCUT2D eigenvalue weighted by Gasteiger charge is 2.12. The van der Waals surface area contributed by atoms with Crippen LogP contribution < -0.4 is 0 Å². The average molecular weight is 232 g/mol. The van der Waals surface area contributed by atoms with E-state index in [0.29, 0.717) is 0 Å². The monoisotopic (exact) mass is 232 g/mol. The first kappa shape index (κ1) is 10.1. The lowest BCUT2D eigenvalue weighted by molar-refractivity contribution is 0.838. The van der Waals surface area contributed by atoms with Crippen molar-refractivity contribution in [1.29, 1.82) is 0 Å². The van der Waals surface area contributed by atoms with Gasteiger partial charge < -0.3 is 0 Å². The molecule has 0 fully saturated rings. The van der Waals surface area contributed by atoms with Gasteiger partial charge in [-0.15, -0.1) is 0 Å². The summed E-state index contributed by atoms with van der Waals surface area (Å²) in [5.41, 5.74) is 8.80. The molecule has 0 aliphatic heterocycles. The first-order chi connectivity index (χ1) is 8.88. The van der Waals surface area contributed by atoms with E-state index in [1.165, 1.54) is 59.1 Å². The smallest absolute Gasteiger partial charge is 0.0235 e. The number of rotatable bonds is 2. The van der Waals surface area contributed by atoms with Gasteiger partial charge in [-0.2, -0.15) is 0 Å². The largest absolute Gasteiger partial charge is 0.0582 e. The Morgan fingerprint density at radius 3 is 1.33 bits per heavy atom. The van der Waals surface area contributed by atoms with Gasteiger partial charge in [-0.25, -0.2) is 0 Å². The highest BCUT2D eigenvalue weighted by atomic mass is 14.2. The molecule has 0 spiro atoms. The Morgan fingerprint density at radius 1 is 0.556 bits per heavy atom. The second-order valence-electron chi connectivity index (χ2n) is 5.39. The Kier molecular flexibility index (Phi) is 2.16. The molecular formula is C18H16. The summed E-state index contributed by atoms with van der Waals surface area (Å²) >= 11 is 0. The van der Waals surface area contributed by atoms with Crippen molar-refractivity contribution in [2.24, 2.45) is 0 Å². The zero-order valence-electron chi connectivity index (χ0n) is 10.4. The Bertz CT molecular complexity index is 590. The van der Waals surface area contributed by atoms with Crippen molar-refractivity contribution in [3.05, 3.63) is 69.8 Å². The van der Waals surface area contributed by atoms with Crippen molar-refractivity contribution in [1.82, 2.24) is 0 Å². The van der Waals surface area contributed by atoms with Gasteiger partial charge in [-0.05, 0) is 59.1 Å². The second-order valence-corrected chi connectivity index (χ2v) is 5.39. The quantitative estimate of drug-likeness (QED) is 0.685. The van der Waals surface area contributed by atoms with Crippen LogP contribution in [0.3, 0.4) is 0 Å². The van der Waals surface area contributed by atoms with E-state index in [0.717, 1.165) is 0 Å². The van der Waals surface area contributed by atoms with E-state index in [9.17, 15) is 0 Å². The van der Waals surface area contributed by atoms with Gasteiger partial charge in [0, 0.05) is 0 Å². The number of hydrogen-bond acceptors (Lipinski definition) is 0. The molecule has 18 heavy (non-hydrogen) atoms. The van der Waals surface area contributed by atoms with Crippen LogP contribution in [0.5, 0.6) is 0 Å². The fraction of sp³-hybridized carbons (Fsp3) is 0.222. The number of aryl methyl sites for hydroxylation is 4. The van der Waals surface area contributed by atoms with E-state index in [4.69, 9.17) is 0 Å². The Labute approximate surface area is 108 Å². The molecule has 88 valence electrons. The molecule has 0 nitrogen and oxygen atoms in total. The van der Waals surface area contributed by atoms with Crippen molar-refractivity contribution in [2.45, 2.75) is 25.7 Å². The van der Waals surface area contributed by atoms with Crippen molar-refractivity contribution >= 4 is 12.2 Å². The van der Waals surface area contributed by atoms with Crippen LogP contribution in [0.25, 0.3) is 12.2 Å². The summed E-state index contributed by atoms with van der Waals surface area (Å²) in [6, 6.07) is 13.7. The number of fused-ring (bicyclic) bond motifs is 2. The predicted molar refractivity (Wildman–Crippen MR) is 76.6 cm³/mol.